The number of hydrogen-bond acceptors (Lipinski definition) is 17. The molecule has 0 bridgehead atoms. The predicted molar refractivity (Wildman–Crippen MR) is 298 cm³/mol. The molecule has 0 aromatic heterocycles. The van der Waals surface area contributed by atoms with E-state index in [-0.39, 0.29) is 112 Å². The molecule has 4 aromatic rings. The fraction of sp³-hybridized carbons (Fsp3) is 0.403. The van der Waals surface area contributed by atoms with Crippen molar-refractivity contribution >= 4 is 53.6 Å². The molecule has 0 spiro atoms. The number of aromatic hydroxyl groups is 1. The van der Waals surface area contributed by atoms with E-state index in [0.29, 0.717) is 36.3 Å². The van der Waals surface area contributed by atoms with E-state index < -0.39 is 59.8 Å². The average molecular weight is 1120 g/mol. The van der Waals surface area contributed by atoms with Crippen LogP contribution in [0.25, 0.3) is 0 Å². The van der Waals surface area contributed by atoms with E-state index in [1.807, 2.05) is 0 Å². The number of Topliss-reactive ketones (excluding diaryl/α,β-unsaturated/α-hetero) is 1. The zero-order valence-electron chi connectivity index (χ0n) is 46.4. The van der Waals surface area contributed by atoms with Gasteiger partial charge in [0.1, 0.15) is 61.3 Å². The third kappa shape index (κ3) is 26.7. The van der Waals surface area contributed by atoms with Crippen LogP contribution in [-0.2, 0) is 83.0 Å². The number of benzene rings is 4. The third-order valence-corrected chi connectivity index (χ3v) is 12.2. The molecule has 434 valence electrons. The predicted octanol–water partition coefficient (Wildman–Crippen LogP) is 8.87. The molecule has 0 aliphatic rings. The van der Waals surface area contributed by atoms with Gasteiger partial charge in [0.15, 0.2) is 0 Å². The van der Waals surface area contributed by atoms with Crippen molar-refractivity contribution in [3.8, 4) is 23.0 Å². The van der Waals surface area contributed by atoms with Crippen LogP contribution in [-0.4, -0.2) is 97.7 Å². The zero-order chi connectivity index (χ0) is 58.9. The van der Waals surface area contributed by atoms with Crippen LogP contribution in [0.1, 0.15) is 114 Å². The van der Waals surface area contributed by atoms with Gasteiger partial charge >= 0.3 is 41.9 Å². The number of ketones is 1. The monoisotopic (exact) mass is 1120 g/mol. The van der Waals surface area contributed by atoms with Crippen LogP contribution in [0.4, 0.5) is 4.79 Å². The molecule has 0 unspecified atom stereocenters. The maximum atomic E-state index is 13.3. The van der Waals surface area contributed by atoms with Gasteiger partial charge in [0, 0.05) is 56.2 Å². The van der Waals surface area contributed by atoms with Gasteiger partial charge in [-0.3, -0.25) is 24.0 Å². The molecule has 2 atom stereocenters. The Bertz CT molecular complexity index is 2740. The molecule has 4 aromatic carbocycles. The molecule has 19 nitrogen and oxygen atoms in total. The van der Waals surface area contributed by atoms with Crippen molar-refractivity contribution < 1.29 is 81.4 Å². The Morgan fingerprint density at radius 2 is 0.963 bits per heavy atom. The summed E-state index contributed by atoms with van der Waals surface area (Å²) >= 11 is 0. The highest BCUT2D eigenvalue weighted by molar-refractivity contribution is 5.88. The van der Waals surface area contributed by atoms with Crippen molar-refractivity contribution in [3.05, 3.63) is 144 Å². The van der Waals surface area contributed by atoms with Gasteiger partial charge in [-0.05, 0) is 117 Å². The van der Waals surface area contributed by atoms with E-state index in [1.54, 1.807) is 72.8 Å². The van der Waals surface area contributed by atoms with E-state index in [2.05, 4.69) is 30.7 Å². The molecule has 0 fully saturated rings. The van der Waals surface area contributed by atoms with Gasteiger partial charge in [-0.25, -0.2) is 19.2 Å². The van der Waals surface area contributed by atoms with E-state index >= 15 is 0 Å². The highest BCUT2D eigenvalue weighted by Gasteiger charge is 2.26. The molecule has 19 heteroatoms. The Morgan fingerprint density at radius 3 is 1.49 bits per heavy atom. The maximum absolute atomic E-state index is 13.3. The number of phenols is 1. The lowest BCUT2D eigenvalue weighted by molar-refractivity contribution is -0.154. The molecule has 3 N–H and O–H groups in total. The van der Waals surface area contributed by atoms with Crippen LogP contribution in [0.15, 0.2) is 121 Å². The van der Waals surface area contributed by atoms with Gasteiger partial charge in [-0.2, -0.15) is 0 Å². The van der Waals surface area contributed by atoms with E-state index in [9.17, 15) is 48.3 Å². The molecule has 0 saturated heterocycles. The van der Waals surface area contributed by atoms with Crippen molar-refractivity contribution in [2.75, 3.05) is 33.0 Å². The average Bonchev–Trinajstić information content (AvgIpc) is 3.46. The van der Waals surface area contributed by atoms with E-state index in [0.717, 1.165) is 43.2 Å². The van der Waals surface area contributed by atoms with Crippen molar-refractivity contribution in [1.82, 2.24) is 10.6 Å². The second-order valence-electron chi connectivity index (χ2n) is 19.3. The summed E-state index contributed by atoms with van der Waals surface area (Å²) in [6.07, 6.45) is 5.61. The Kier molecular flexibility index (Phi) is 28.7. The Morgan fingerprint density at radius 1 is 0.506 bits per heavy atom. The topological polar surface area (TPSA) is 263 Å². The summed E-state index contributed by atoms with van der Waals surface area (Å²) in [4.78, 5) is 114. The van der Waals surface area contributed by atoms with Gasteiger partial charge in [0.25, 0.3) is 0 Å². The molecule has 0 aliphatic carbocycles. The third-order valence-electron chi connectivity index (χ3n) is 12.2. The number of unbranched alkanes of at least 4 members (excludes halogenated alkanes) is 4. The Balaban J connectivity index is 1.20. The van der Waals surface area contributed by atoms with Gasteiger partial charge < -0.3 is 48.9 Å². The number of nitrogens with one attached hydrogen (secondary N) is 2. The van der Waals surface area contributed by atoms with Gasteiger partial charge in [-0.1, -0.05) is 94.3 Å². The quantitative estimate of drug-likeness (QED) is 0.0126. The van der Waals surface area contributed by atoms with Crippen LogP contribution in [0, 0.1) is 5.92 Å². The van der Waals surface area contributed by atoms with Crippen molar-refractivity contribution in [2.45, 2.75) is 123 Å². The minimum absolute atomic E-state index is 0.00635. The molecule has 0 aliphatic heterocycles. The molecular weight excluding hydrogens is 1040 g/mol. The summed E-state index contributed by atoms with van der Waals surface area (Å²) in [5.41, 5.74) is 3.27. The number of hydrogen-bond donors (Lipinski definition) is 3. The SMILES string of the molecule is C=C(C)C(=O)OCCOC(=O)[C@@H](CC(=O)CCc1ccc(OC(=O)CCCC(=O)Oc2ccc(C[C@H](NC(=O)CCc3ccc(OC(=O)NCCCCCCC)cc3)C(=O)OCCOC(=O)C(=C)C)cc2)cc1)Cc1ccc(O)cc1. The minimum atomic E-state index is -1.13. The van der Waals surface area contributed by atoms with Crippen LogP contribution in [0.2, 0.25) is 0 Å². The maximum Gasteiger partial charge on any atom is 0.412 e. The van der Waals surface area contributed by atoms with E-state index in [1.165, 1.54) is 38.1 Å². The Hall–Kier alpha value is -8.61. The molecule has 0 heterocycles. The molecule has 4 rings (SSSR count). The zero-order valence-corrected chi connectivity index (χ0v) is 46.4. The minimum Gasteiger partial charge on any atom is -0.508 e. The van der Waals surface area contributed by atoms with Crippen molar-refractivity contribution in [3.63, 3.8) is 0 Å². The number of amides is 2. The number of esters is 6. The standard InChI is InChI=1S/C62H74N2O17/c1-6-7-8-9-10-34-63-62(74)81-53-29-19-45(20-30-53)23-33-55(67)64-54(61(73)78-38-36-76-59(71)43(4)5)40-47-21-31-52(32-22-47)80-57(69)13-11-12-56(68)79-51-27-17-44(18-28-51)14-26-50(66)41-48(39-46-15-24-49(65)25-16-46)60(72)77-37-35-75-58(70)42(2)3/h15-22,24-25,27-32,48,54,65H,2,4,6-14,23,26,33-41H2,1,3,5H3,(H,63,74)(H,64,67)/t48-,54+/m1/s1. The van der Waals surface area contributed by atoms with Crippen molar-refractivity contribution in [1.29, 1.82) is 0 Å². The Labute approximate surface area is 472 Å². The van der Waals surface area contributed by atoms with Crippen LogP contribution in [0.5, 0.6) is 23.0 Å². The van der Waals surface area contributed by atoms with Crippen LogP contribution >= 0.6 is 0 Å². The number of carbonyl (C=O) groups is 9. The second kappa shape index (κ2) is 35.8. The summed E-state index contributed by atoms with van der Waals surface area (Å²) in [7, 11) is 0. The fourth-order valence-corrected chi connectivity index (χ4v) is 7.73. The fourth-order valence-electron chi connectivity index (χ4n) is 7.73. The van der Waals surface area contributed by atoms with Crippen LogP contribution < -0.4 is 24.8 Å². The summed E-state index contributed by atoms with van der Waals surface area (Å²) in [6, 6.07) is 24.8. The van der Waals surface area contributed by atoms with Gasteiger partial charge in [-0.15, -0.1) is 0 Å². The first-order valence-electron chi connectivity index (χ1n) is 27.1. The second-order valence-corrected chi connectivity index (χ2v) is 19.3. The number of phenolic OH excluding ortho intramolecular Hbond substituents is 1. The highest BCUT2D eigenvalue weighted by Crippen LogP contribution is 2.22. The summed E-state index contributed by atoms with van der Waals surface area (Å²) < 4.78 is 36.9. The molecule has 0 saturated carbocycles. The van der Waals surface area contributed by atoms with E-state index in [4.69, 9.17) is 33.2 Å². The van der Waals surface area contributed by atoms with Crippen molar-refractivity contribution in [2.24, 2.45) is 5.92 Å². The number of rotatable bonds is 36. The number of aryl methyl sites for hydroxylation is 2. The first kappa shape index (κ1) is 64.9. The smallest absolute Gasteiger partial charge is 0.412 e. The lowest BCUT2D eigenvalue weighted by atomic mass is 9.92. The molecule has 2 amide bonds. The molecular formula is C62H74N2O17. The van der Waals surface area contributed by atoms with Crippen LogP contribution in [0.3, 0.4) is 0 Å². The largest absolute Gasteiger partial charge is 0.508 e. The summed E-state index contributed by atoms with van der Waals surface area (Å²) in [6.45, 7) is 11.8. The molecule has 81 heavy (non-hydrogen) atoms. The lowest BCUT2D eigenvalue weighted by Gasteiger charge is -2.18. The molecule has 0 radical (unpaired) electrons. The van der Waals surface area contributed by atoms with Gasteiger partial charge in [0.05, 0.1) is 5.92 Å². The first-order chi connectivity index (χ1) is 38.9. The van der Waals surface area contributed by atoms with Gasteiger partial charge in [0.2, 0.25) is 5.91 Å². The number of carbonyl (C=O) groups excluding carboxylic acids is 9. The lowest BCUT2D eigenvalue weighted by Crippen LogP contribution is -2.43. The normalized spacial score (nSPS) is 11.4. The summed E-state index contributed by atoms with van der Waals surface area (Å²) in [5.74, 6) is -4.39. The first-order valence-corrected chi connectivity index (χ1v) is 27.1. The summed E-state index contributed by atoms with van der Waals surface area (Å²) in [5, 5.41) is 15.2. The highest BCUT2D eigenvalue weighted by atomic mass is 16.6. The number of ether oxygens (including phenoxy) is 7.